The van der Waals surface area contributed by atoms with E-state index in [2.05, 4.69) is 4.98 Å². The predicted molar refractivity (Wildman–Crippen MR) is 71.0 cm³/mol. The van der Waals surface area contributed by atoms with E-state index in [1.54, 1.807) is 0 Å². The van der Waals surface area contributed by atoms with Crippen LogP contribution in [-0.4, -0.2) is 17.4 Å². The molecule has 92 valence electrons. The molecular weight excluding hydrogens is 226 g/mol. The fourth-order valence-electron chi connectivity index (χ4n) is 1.88. The van der Waals surface area contributed by atoms with E-state index in [0.717, 1.165) is 10.9 Å². The maximum Gasteiger partial charge on any atom is 0.225 e. The molecule has 1 aliphatic carbocycles. The zero-order chi connectivity index (χ0) is 12.5. The first-order valence-electron chi connectivity index (χ1n) is 6.11. The van der Waals surface area contributed by atoms with E-state index in [9.17, 15) is 0 Å². The van der Waals surface area contributed by atoms with Crippen molar-refractivity contribution in [1.82, 2.24) is 4.98 Å². The van der Waals surface area contributed by atoms with Crippen LogP contribution in [0.3, 0.4) is 0 Å². The molecule has 0 aliphatic heterocycles. The van der Waals surface area contributed by atoms with Crippen LogP contribution in [0.1, 0.15) is 18.4 Å². The molecule has 3 N–H and O–H groups in total. The molecule has 0 bridgehead atoms. The molecule has 0 saturated heterocycles. The van der Waals surface area contributed by atoms with Gasteiger partial charge in [-0.15, -0.1) is 0 Å². The molecule has 1 saturated carbocycles. The van der Waals surface area contributed by atoms with Crippen LogP contribution in [0.25, 0.3) is 10.9 Å². The molecule has 0 unspecified atom stereocenters. The van der Waals surface area contributed by atoms with E-state index in [1.165, 1.54) is 12.8 Å². The van der Waals surface area contributed by atoms with Gasteiger partial charge < -0.3 is 10.5 Å². The lowest BCUT2D eigenvalue weighted by Gasteiger charge is -2.10. The molecule has 0 atom stereocenters. The van der Waals surface area contributed by atoms with Gasteiger partial charge in [-0.3, -0.25) is 5.41 Å². The Labute approximate surface area is 105 Å². The van der Waals surface area contributed by atoms with Gasteiger partial charge in [-0.1, -0.05) is 18.2 Å². The summed E-state index contributed by atoms with van der Waals surface area (Å²) in [5.74, 6) is 1.13. The van der Waals surface area contributed by atoms with Gasteiger partial charge in [0.1, 0.15) is 5.84 Å². The lowest BCUT2D eigenvalue weighted by Crippen LogP contribution is -2.15. The monoisotopic (exact) mass is 241 g/mol. The Kier molecular flexibility index (Phi) is 2.63. The number of nitrogen functional groups attached to an aromatic ring is 1. The Morgan fingerprint density at radius 2 is 2.17 bits per heavy atom. The van der Waals surface area contributed by atoms with E-state index in [0.29, 0.717) is 24.0 Å². The second-order valence-electron chi connectivity index (χ2n) is 4.70. The summed E-state index contributed by atoms with van der Waals surface area (Å²) < 4.78 is 5.70. The van der Waals surface area contributed by atoms with Crippen LogP contribution in [-0.2, 0) is 0 Å². The second-order valence-corrected chi connectivity index (χ2v) is 4.70. The molecule has 0 amide bonds. The third-order valence-electron chi connectivity index (χ3n) is 3.13. The predicted octanol–water partition coefficient (Wildman–Crippen LogP) is 2.31. The van der Waals surface area contributed by atoms with Crippen LogP contribution in [0.5, 0.6) is 5.88 Å². The molecule has 1 heterocycles. The Hall–Kier alpha value is -2.10. The number of nitrogens with two attached hydrogens (primary N) is 1. The molecule has 4 nitrogen and oxygen atoms in total. The number of pyridine rings is 1. The number of aromatic nitrogens is 1. The van der Waals surface area contributed by atoms with Gasteiger partial charge in [0.25, 0.3) is 0 Å². The summed E-state index contributed by atoms with van der Waals surface area (Å²) in [6.45, 7) is 0.672. The maximum atomic E-state index is 7.61. The first-order valence-corrected chi connectivity index (χ1v) is 6.11. The standard InChI is InChI=1S/C14H15N3O/c15-13(16)11-7-10-3-1-2-4-12(10)17-14(11)18-8-9-5-6-9/h1-4,7,9H,5-6,8H2,(H3,15,16). The quantitative estimate of drug-likeness (QED) is 0.637. The number of benzene rings is 1. The smallest absolute Gasteiger partial charge is 0.225 e. The molecule has 2 aromatic rings. The number of para-hydroxylation sites is 1. The molecule has 1 fully saturated rings. The third kappa shape index (κ3) is 2.14. The molecule has 0 radical (unpaired) electrons. The molecular formula is C14H15N3O. The van der Waals surface area contributed by atoms with E-state index in [1.807, 2.05) is 30.3 Å². The highest BCUT2D eigenvalue weighted by atomic mass is 16.5. The number of fused-ring (bicyclic) bond motifs is 1. The SMILES string of the molecule is N=C(N)c1cc2ccccc2nc1OCC1CC1. The topological polar surface area (TPSA) is 72.0 Å². The van der Waals surface area contributed by atoms with E-state index < -0.39 is 0 Å². The zero-order valence-electron chi connectivity index (χ0n) is 10.0. The van der Waals surface area contributed by atoms with Crippen molar-refractivity contribution in [2.75, 3.05) is 6.61 Å². The minimum Gasteiger partial charge on any atom is -0.477 e. The Balaban J connectivity index is 2.01. The Morgan fingerprint density at radius 3 is 2.89 bits per heavy atom. The van der Waals surface area contributed by atoms with Crippen molar-refractivity contribution in [2.45, 2.75) is 12.8 Å². The van der Waals surface area contributed by atoms with Gasteiger partial charge in [-0.05, 0) is 30.9 Å². The average Bonchev–Trinajstić information content (AvgIpc) is 3.19. The Bertz CT molecular complexity index is 605. The highest BCUT2D eigenvalue weighted by molar-refractivity contribution is 6.00. The molecule has 4 heteroatoms. The summed E-state index contributed by atoms with van der Waals surface area (Å²) in [6, 6.07) is 9.64. The van der Waals surface area contributed by atoms with Crippen LogP contribution in [0.15, 0.2) is 30.3 Å². The normalized spacial score (nSPS) is 14.7. The number of nitrogens with one attached hydrogen (secondary N) is 1. The van der Waals surface area contributed by atoms with Gasteiger partial charge >= 0.3 is 0 Å². The molecule has 1 aromatic heterocycles. The average molecular weight is 241 g/mol. The van der Waals surface area contributed by atoms with Crippen LogP contribution in [0.4, 0.5) is 0 Å². The number of hydrogen-bond acceptors (Lipinski definition) is 3. The summed E-state index contributed by atoms with van der Waals surface area (Å²) >= 11 is 0. The molecule has 1 aliphatic rings. The van der Waals surface area contributed by atoms with Crippen LogP contribution in [0.2, 0.25) is 0 Å². The maximum absolute atomic E-state index is 7.61. The van der Waals surface area contributed by atoms with Gasteiger partial charge in [-0.25, -0.2) is 4.98 Å². The highest BCUT2D eigenvalue weighted by Gasteiger charge is 2.23. The zero-order valence-corrected chi connectivity index (χ0v) is 10.0. The number of nitrogens with zero attached hydrogens (tertiary/aromatic N) is 1. The minimum atomic E-state index is -0.000880. The Morgan fingerprint density at radius 1 is 1.39 bits per heavy atom. The first-order chi connectivity index (χ1) is 8.74. The van der Waals surface area contributed by atoms with Gasteiger partial charge in [0.05, 0.1) is 17.7 Å². The van der Waals surface area contributed by atoms with Crippen molar-refractivity contribution >= 4 is 16.7 Å². The van der Waals surface area contributed by atoms with E-state index >= 15 is 0 Å². The number of rotatable bonds is 4. The number of ether oxygens (including phenoxy) is 1. The van der Waals surface area contributed by atoms with Crippen molar-refractivity contribution in [2.24, 2.45) is 11.7 Å². The lowest BCUT2D eigenvalue weighted by molar-refractivity contribution is 0.289. The summed E-state index contributed by atoms with van der Waals surface area (Å²) in [4.78, 5) is 4.45. The fraction of sp³-hybridized carbons (Fsp3) is 0.286. The highest BCUT2D eigenvalue weighted by Crippen LogP contribution is 2.30. The van der Waals surface area contributed by atoms with Crippen molar-refractivity contribution in [3.63, 3.8) is 0 Å². The largest absolute Gasteiger partial charge is 0.477 e. The van der Waals surface area contributed by atoms with Crippen LogP contribution >= 0.6 is 0 Å². The van der Waals surface area contributed by atoms with E-state index in [4.69, 9.17) is 15.9 Å². The van der Waals surface area contributed by atoms with Gasteiger partial charge in [0.15, 0.2) is 0 Å². The van der Waals surface area contributed by atoms with Crippen molar-refractivity contribution in [1.29, 1.82) is 5.41 Å². The van der Waals surface area contributed by atoms with Crippen molar-refractivity contribution in [3.8, 4) is 5.88 Å². The van der Waals surface area contributed by atoms with Crippen LogP contribution in [0, 0.1) is 11.3 Å². The molecule has 3 rings (SSSR count). The number of hydrogen-bond donors (Lipinski definition) is 2. The molecule has 18 heavy (non-hydrogen) atoms. The third-order valence-corrected chi connectivity index (χ3v) is 3.13. The second kappa shape index (κ2) is 4.29. The number of amidine groups is 1. The van der Waals surface area contributed by atoms with Gasteiger partial charge in [-0.2, -0.15) is 0 Å². The minimum absolute atomic E-state index is 0.000880. The fourth-order valence-corrected chi connectivity index (χ4v) is 1.88. The first kappa shape index (κ1) is 11.0. The summed E-state index contributed by atoms with van der Waals surface area (Å²) in [5.41, 5.74) is 7.04. The lowest BCUT2D eigenvalue weighted by atomic mass is 10.1. The van der Waals surface area contributed by atoms with Gasteiger partial charge in [0, 0.05) is 5.39 Å². The summed E-state index contributed by atoms with van der Waals surface area (Å²) in [5, 5.41) is 8.58. The van der Waals surface area contributed by atoms with Crippen molar-refractivity contribution in [3.05, 3.63) is 35.9 Å². The van der Waals surface area contributed by atoms with Gasteiger partial charge in [0.2, 0.25) is 5.88 Å². The summed E-state index contributed by atoms with van der Waals surface area (Å²) in [7, 11) is 0. The molecule has 1 aromatic carbocycles. The molecule has 0 spiro atoms. The van der Waals surface area contributed by atoms with Crippen molar-refractivity contribution < 1.29 is 4.74 Å². The van der Waals surface area contributed by atoms with E-state index in [-0.39, 0.29) is 5.84 Å². The summed E-state index contributed by atoms with van der Waals surface area (Å²) in [6.07, 6.45) is 2.45. The van der Waals surface area contributed by atoms with Crippen LogP contribution < -0.4 is 10.5 Å².